The fourth-order valence-electron chi connectivity index (χ4n) is 1.88. The highest BCUT2D eigenvalue weighted by Gasteiger charge is 2.39. The zero-order valence-electron chi connectivity index (χ0n) is 7.84. The Kier molecular flexibility index (Phi) is 2.28. The summed E-state index contributed by atoms with van der Waals surface area (Å²) in [4.78, 5) is 13.9. The van der Waals surface area contributed by atoms with Crippen LogP contribution >= 0.6 is 0 Å². The number of carbonyl (C=O) groups is 1. The van der Waals surface area contributed by atoms with E-state index in [2.05, 4.69) is 4.98 Å². The van der Waals surface area contributed by atoms with Crippen molar-refractivity contribution in [2.24, 2.45) is 0 Å². The minimum absolute atomic E-state index is 0.0676. The first-order valence-corrected chi connectivity index (χ1v) is 4.66. The van der Waals surface area contributed by atoms with Crippen molar-refractivity contribution >= 4 is 6.29 Å². The van der Waals surface area contributed by atoms with E-state index in [1.54, 1.807) is 0 Å². The van der Waals surface area contributed by atoms with Gasteiger partial charge in [0.05, 0.1) is 0 Å². The van der Waals surface area contributed by atoms with E-state index in [4.69, 9.17) is 0 Å². The van der Waals surface area contributed by atoms with Crippen molar-refractivity contribution in [3.05, 3.63) is 17.2 Å². The van der Waals surface area contributed by atoms with Gasteiger partial charge in [-0.1, -0.05) is 0 Å². The lowest BCUT2D eigenvalue weighted by Gasteiger charge is -2.17. The number of nitrogens with zero attached hydrogens (tertiary/aromatic N) is 2. The molecule has 1 aliphatic rings. The van der Waals surface area contributed by atoms with Crippen LogP contribution in [0, 0.1) is 0 Å². The topological polar surface area (TPSA) is 34.9 Å². The van der Waals surface area contributed by atoms with Crippen LogP contribution in [0.2, 0.25) is 0 Å². The molecule has 1 aromatic rings. The third-order valence-electron chi connectivity index (χ3n) is 2.51. The van der Waals surface area contributed by atoms with E-state index in [-0.39, 0.29) is 5.69 Å². The average Bonchev–Trinajstić information content (AvgIpc) is 2.55. The smallest absolute Gasteiger partial charge is 0.324 e. The summed E-state index contributed by atoms with van der Waals surface area (Å²) in [5.74, 6) is -0.945. The molecule has 1 aliphatic heterocycles. The third-order valence-corrected chi connectivity index (χ3v) is 2.51. The Hall–Kier alpha value is -1.33. The van der Waals surface area contributed by atoms with Crippen molar-refractivity contribution in [3.8, 4) is 0 Å². The van der Waals surface area contributed by atoms with Crippen LogP contribution in [-0.4, -0.2) is 15.8 Å². The number of fused-ring (bicyclic) bond motifs is 1. The van der Waals surface area contributed by atoms with Crippen LogP contribution in [0.5, 0.6) is 0 Å². The summed E-state index contributed by atoms with van der Waals surface area (Å²) in [5.41, 5.74) is 0.352. The maximum atomic E-state index is 12.5. The third kappa shape index (κ3) is 1.64. The van der Waals surface area contributed by atoms with Gasteiger partial charge in [-0.15, -0.1) is 0 Å². The molecule has 82 valence electrons. The van der Waals surface area contributed by atoms with E-state index in [0.717, 1.165) is 11.0 Å². The molecule has 0 fully saturated rings. The molecule has 6 heteroatoms. The molecule has 0 amide bonds. The first-order valence-electron chi connectivity index (χ1n) is 4.66. The van der Waals surface area contributed by atoms with Crippen LogP contribution in [-0.2, 0) is 19.1 Å². The molecule has 15 heavy (non-hydrogen) atoms. The highest BCUT2D eigenvalue weighted by atomic mass is 19.4. The van der Waals surface area contributed by atoms with E-state index in [0.29, 0.717) is 31.4 Å². The lowest BCUT2D eigenvalue weighted by atomic mass is 10.1. The quantitative estimate of drug-likeness (QED) is 0.676. The van der Waals surface area contributed by atoms with Crippen LogP contribution in [0.3, 0.4) is 0 Å². The van der Waals surface area contributed by atoms with Gasteiger partial charge < -0.3 is 4.57 Å². The van der Waals surface area contributed by atoms with Gasteiger partial charge in [0, 0.05) is 12.2 Å². The number of imidazole rings is 1. The predicted molar refractivity (Wildman–Crippen MR) is 45.6 cm³/mol. The number of hydrogen-bond acceptors (Lipinski definition) is 2. The van der Waals surface area contributed by atoms with Crippen molar-refractivity contribution in [3.63, 3.8) is 0 Å². The van der Waals surface area contributed by atoms with E-state index in [1.165, 1.54) is 0 Å². The number of aldehydes is 1. The van der Waals surface area contributed by atoms with E-state index in [9.17, 15) is 18.0 Å². The van der Waals surface area contributed by atoms with Crippen molar-refractivity contribution in [2.75, 3.05) is 0 Å². The summed E-state index contributed by atoms with van der Waals surface area (Å²) in [6.45, 7) is 0.297. The number of alkyl halides is 3. The summed E-state index contributed by atoms with van der Waals surface area (Å²) >= 11 is 0. The van der Waals surface area contributed by atoms with Gasteiger partial charge in [-0.25, -0.2) is 4.98 Å². The molecule has 0 bridgehead atoms. The number of carbonyl (C=O) groups excluding carboxylic acids is 1. The van der Waals surface area contributed by atoms with Gasteiger partial charge in [-0.05, 0) is 19.3 Å². The second-order valence-electron chi connectivity index (χ2n) is 3.49. The summed E-state index contributed by atoms with van der Waals surface area (Å²) in [6, 6.07) is 0. The molecular weight excluding hydrogens is 209 g/mol. The molecule has 2 heterocycles. The Morgan fingerprint density at radius 3 is 2.67 bits per heavy atom. The molecule has 0 saturated carbocycles. The molecule has 0 N–H and O–H groups in total. The number of hydrogen-bond donors (Lipinski definition) is 0. The highest BCUT2D eigenvalue weighted by molar-refractivity contribution is 5.74. The Bertz CT molecular complexity index is 395. The van der Waals surface area contributed by atoms with Gasteiger partial charge in [0.25, 0.3) is 0 Å². The summed E-state index contributed by atoms with van der Waals surface area (Å²) in [7, 11) is 0. The normalized spacial score (nSPS) is 16.2. The first-order chi connectivity index (χ1) is 7.04. The van der Waals surface area contributed by atoms with Crippen molar-refractivity contribution < 1.29 is 18.0 Å². The second-order valence-corrected chi connectivity index (χ2v) is 3.49. The second kappa shape index (κ2) is 3.36. The minimum atomic E-state index is -4.48. The first kappa shape index (κ1) is 10.2. The molecule has 0 spiro atoms. The van der Waals surface area contributed by atoms with Crippen LogP contribution in [0.4, 0.5) is 13.2 Å². The van der Waals surface area contributed by atoms with E-state index < -0.39 is 12.0 Å². The van der Waals surface area contributed by atoms with Gasteiger partial charge in [0.1, 0.15) is 5.69 Å². The maximum Gasteiger partial charge on any atom is 0.449 e. The monoisotopic (exact) mass is 218 g/mol. The van der Waals surface area contributed by atoms with Crippen LogP contribution in [0.1, 0.15) is 34.8 Å². The molecule has 0 aliphatic carbocycles. The Morgan fingerprint density at radius 2 is 2.07 bits per heavy atom. The van der Waals surface area contributed by atoms with Gasteiger partial charge in [-0.2, -0.15) is 13.2 Å². The van der Waals surface area contributed by atoms with E-state index in [1.807, 2.05) is 0 Å². The molecule has 0 saturated heterocycles. The number of aromatic nitrogens is 2. The lowest BCUT2D eigenvalue weighted by Crippen LogP contribution is -2.19. The molecular formula is C9H9F3N2O. The SMILES string of the molecule is O=Cc1nc(C(F)(F)F)n2c1CCCC2. The Labute approximate surface area is 83.9 Å². The van der Waals surface area contributed by atoms with Gasteiger partial charge in [0.2, 0.25) is 5.82 Å². The fraction of sp³-hybridized carbons (Fsp3) is 0.556. The van der Waals surface area contributed by atoms with Gasteiger partial charge in [-0.3, -0.25) is 4.79 Å². The van der Waals surface area contributed by atoms with Gasteiger partial charge >= 0.3 is 6.18 Å². The summed E-state index contributed by atoms with van der Waals surface area (Å²) in [6.07, 6.45) is -2.08. The molecule has 1 aromatic heterocycles. The molecule has 0 aromatic carbocycles. The Balaban J connectivity index is 2.57. The lowest BCUT2D eigenvalue weighted by molar-refractivity contribution is -0.147. The summed E-state index contributed by atoms with van der Waals surface area (Å²) in [5, 5.41) is 0. The van der Waals surface area contributed by atoms with Crippen molar-refractivity contribution in [1.82, 2.24) is 9.55 Å². The molecule has 0 unspecified atom stereocenters. The number of rotatable bonds is 1. The molecule has 3 nitrogen and oxygen atoms in total. The summed E-state index contributed by atoms with van der Waals surface area (Å²) < 4.78 is 38.7. The number of halogens is 3. The van der Waals surface area contributed by atoms with Crippen molar-refractivity contribution in [1.29, 1.82) is 0 Å². The van der Waals surface area contributed by atoms with Crippen molar-refractivity contribution in [2.45, 2.75) is 32.0 Å². The maximum absolute atomic E-state index is 12.5. The van der Waals surface area contributed by atoms with Crippen LogP contribution in [0.25, 0.3) is 0 Å². The molecule has 0 atom stereocenters. The van der Waals surface area contributed by atoms with Crippen LogP contribution in [0.15, 0.2) is 0 Å². The van der Waals surface area contributed by atoms with E-state index >= 15 is 0 Å². The zero-order chi connectivity index (χ0) is 11.1. The van der Waals surface area contributed by atoms with Gasteiger partial charge in [0.15, 0.2) is 6.29 Å². The largest absolute Gasteiger partial charge is 0.449 e. The Morgan fingerprint density at radius 1 is 1.33 bits per heavy atom. The zero-order valence-corrected chi connectivity index (χ0v) is 7.84. The predicted octanol–water partition coefficient (Wildman–Crippen LogP) is 2.05. The van der Waals surface area contributed by atoms with Crippen LogP contribution < -0.4 is 0 Å². The average molecular weight is 218 g/mol. The fourth-order valence-corrected chi connectivity index (χ4v) is 1.88. The minimum Gasteiger partial charge on any atom is -0.324 e. The highest BCUT2D eigenvalue weighted by Crippen LogP contribution is 2.32. The molecule has 0 radical (unpaired) electrons. The standard InChI is InChI=1S/C9H9F3N2O/c10-9(11,12)8-13-6(5-15)7-3-1-2-4-14(7)8/h5H,1-4H2. The molecule has 2 rings (SSSR count).